The lowest BCUT2D eigenvalue weighted by Crippen LogP contribution is -2.27. The van der Waals surface area contributed by atoms with Crippen LogP contribution in [0.2, 0.25) is 0 Å². The summed E-state index contributed by atoms with van der Waals surface area (Å²) < 4.78 is 5.37. The number of carbonyl (C=O) groups is 2. The zero-order valence-corrected chi connectivity index (χ0v) is 14.9. The molecule has 3 N–H and O–H groups in total. The van der Waals surface area contributed by atoms with Crippen LogP contribution in [-0.2, 0) is 9.53 Å². The molecule has 1 aliphatic heterocycles. The molecule has 1 aromatic carbocycles. The maximum atomic E-state index is 12.5. The Kier molecular flexibility index (Phi) is 5.07. The predicted molar refractivity (Wildman–Crippen MR) is 102 cm³/mol. The van der Waals surface area contributed by atoms with Gasteiger partial charge in [0.15, 0.2) is 5.82 Å². The van der Waals surface area contributed by atoms with Crippen LogP contribution in [0.4, 0.5) is 11.6 Å². The highest BCUT2D eigenvalue weighted by Crippen LogP contribution is 2.17. The molecule has 0 aliphatic carbocycles. The van der Waals surface area contributed by atoms with E-state index in [1.54, 1.807) is 42.6 Å². The van der Waals surface area contributed by atoms with Crippen molar-refractivity contribution in [3.8, 4) is 11.5 Å². The lowest BCUT2D eigenvalue weighted by Gasteiger charge is -2.11. The number of amides is 2. The van der Waals surface area contributed by atoms with E-state index in [0.29, 0.717) is 35.8 Å². The van der Waals surface area contributed by atoms with E-state index in [4.69, 9.17) is 4.74 Å². The number of ether oxygens (including phenoxy) is 1. The molecular weight excluding hydrogens is 360 g/mol. The summed E-state index contributed by atoms with van der Waals surface area (Å²) in [5.41, 5.74) is 1.51. The van der Waals surface area contributed by atoms with Gasteiger partial charge in [-0.1, -0.05) is 12.1 Å². The third kappa shape index (κ3) is 4.04. The molecule has 0 unspecified atom stereocenters. The molecule has 142 valence electrons. The van der Waals surface area contributed by atoms with Crippen molar-refractivity contribution in [2.45, 2.75) is 18.9 Å². The number of rotatable bonds is 5. The lowest BCUT2D eigenvalue weighted by atomic mass is 10.1. The minimum atomic E-state index is -0.434. The van der Waals surface area contributed by atoms with Crippen LogP contribution in [0.5, 0.6) is 0 Å². The minimum absolute atomic E-state index is 0.138. The maximum Gasteiger partial charge on any atom is 0.258 e. The zero-order chi connectivity index (χ0) is 19.3. The Labute approximate surface area is 160 Å². The molecule has 0 saturated carbocycles. The van der Waals surface area contributed by atoms with Crippen molar-refractivity contribution >= 4 is 23.5 Å². The molecule has 1 fully saturated rings. The molecular formula is C19H18N6O3. The molecule has 1 aliphatic rings. The van der Waals surface area contributed by atoms with E-state index in [0.717, 1.165) is 6.42 Å². The molecule has 9 heteroatoms. The smallest absolute Gasteiger partial charge is 0.258 e. The Morgan fingerprint density at radius 3 is 2.86 bits per heavy atom. The standard InChI is InChI=1S/C19H18N6O3/c26-17(23-19-22-16(24-25-19)14-7-1-2-9-20-14)12-5-3-6-13(11-12)21-18(27)15-8-4-10-28-15/h1-3,5-7,9,11,15H,4,8,10H2,(H,21,27)(H2,22,23,24,25,26)/t15-/m0/s1. The average molecular weight is 378 g/mol. The third-order valence-corrected chi connectivity index (χ3v) is 4.23. The second-order valence-electron chi connectivity index (χ2n) is 6.25. The summed E-state index contributed by atoms with van der Waals surface area (Å²) in [7, 11) is 0. The van der Waals surface area contributed by atoms with Gasteiger partial charge in [-0.05, 0) is 43.2 Å². The van der Waals surface area contributed by atoms with Gasteiger partial charge in [0.05, 0.1) is 0 Å². The minimum Gasteiger partial charge on any atom is -0.368 e. The van der Waals surface area contributed by atoms with E-state index in [1.165, 1.54) is 0 Å². The molecule has 28 heavy (non-hydrogen) atoms. The molecule has 4 rings (SSSR count). The third-order valence-electron chi connectivity index (χ3n) is 4.23. The van der Waals surface area contributed by atoms with E-state index < -0.39 is 6.10 Å². The monoisotopic (exact) mass is 378 g/mol. The summed E-state index contributed by atoms with van der Waals surface area (Å²) in [4.78, 5) is 33.0. The first-order chi connectivity index (χ1) is 13.7. The fourth-order valence-electron chi connectivity index (χ4n) is 2.85. The first kappa shape index (κ1) is 17.8. The Hall–Kier alpha value is -3.59. The van der Waals surface area contributed by atoms with E-state index in [2.05, 4.69) is 30.8 Å². The van der Waals surface area contributed by atoms with Gasteiger partial charge in [0.25, 0.3) is 11.8 Å². The molecule has 1 atom stereocenters. The fraction of sp³-hybridized carbons (Fsp3) is 0.211. The van der Waals surface area contributed by atoms with E-state index in [-0.39, 0.29) is 17.8 Å². The molecule has 1 saturated heterocycles. The van der Waals surface area contributed by atoms with Gasteiger partial charge in [-0.2, -0.15) is 4.98 Å². The molecule has 2 aromatic heterocycles. The number of benzene rings is 1. The van der Waals surface area contributed by atoms with Gasteiger partial charge < -0.3 is 10.1 Å². The van der Waals surface area contributed by atoms with Crippen molar-refractivity contribution < 1.29 is 14.3 Å². The Bertz CT molecular complexity index is 982. The Morgan fingerprint density at radius 2 is 2.07 bits per heavy atom. The molecule has 3 heterocycles. The largest absolute Gasteiger partial charge is 0.368 e. The highest BCUT2D eigenvalue weighted by molar-refractivity contribution is 6.04. The van der Waals surface area contributed by atoms with Crippen LogP contribution in [0, 0.1) is 0 Å². The van der Waals surface area contributed by atoms with Gasteiger partial charge in [0.1, 0.15) is 11.8 Å². The van der Waals surface area contributed by atoms with Crippen LogP contribution in [0.25, 0.3) is 11.5 Å². The quantitative estimate of drug-likeness (QED) is 0.626. The van der Waals surface area contributed by atoms with Gasteiger partial charge in [-0.15, -0.1) is 5.10 Å². The zero-order valence-electron chi connectivity index (χ0n) is 14.9. The highest BCUT2D eigenvalue weighted by atomic mass is 16.5. The van der Waals surface area contributed by atoms with Gasteiger partial charge >= 0.3 is 0 Å². The normalized spacial score (nSPS) is 15.9. The molecule has 2 amide bonds. The second kappa shape index (κ2) is 7.97. The van der Waals surface area contributed by atoms with Gasteiger partial charge in [-0.3, -0.25) is 25.0 Å². The van der Waals surface area contributed by atoms with Crippen molar-refractivity contribution in [2.24, 2.45) is 0 Å². The number of carbonyl (C=O) groups excluding carboxylic acids is 2. The SMILES string of the molecule is O=C(Nc1n[nH]c(-c2ccccn2)n1)c1cccc(NC(=O)[C@@H]2CCCO2)c1. The van der Waals surface area contributed by atoms with Crippen LogP contribution in [0.1, 0.15) is 23.2 Å². The van der Waals surface area contributed by atoms with Gasteiger partial charge in [-0.25, -0.2) is 0 Å². The van der Waals surface area contributed by atoms with Crippen molar-refractivity contribution in [2.75, 3.05) is 17.2 Å². The summed E-state index contributed by atoms with van der Waals surface area (Å²) >= 11 is 0. The number of aromatic nitrogens is 4. The predicted octanol–water partition coefficient (Wildman–Crippen LogP) is 2.24. The van der Waals surface area contributed by atoms with Crippen LogP contribution in [-0.4, -0.2) is 44.7 Å². The van der Waals surface area contributed by atoms with Crippen molar-refractivity contribution in [3.63, 3.8) is 0 Å². The number of anilines is 2. The lowest BCUT2D eigenvalue weighted by molar-refractivity contribution is -0.124. The van der Waals surface area contributed by atoms with Crippen LogP contribution in [0.3, 0.4) is 0 Å². The summed E-state index contributed by atoms with van der Waals surface area (Å²) in [5.74, 6) is -0.00302. The molecule has 3 aromatic rings. The first-order valence-corrected chi connectivity index (χ1v) is 8.87. The van der Waals surface area contributed by atoms with Crippen molar-refractivity contribution in [3.05, 3.63) is 54.2 Å². The fourth-order valence-corrected chi connectivity index (χ4v) is 2.85. The average Bonchev–Trinajstić information content (AvgIpc) is 3.41. The molecule has 0 bridgehead atoms. The summed E-state index contributed by atoms with van der Waals surface area (Å²) in [6.07, 6.45) is 2.79. The van der Waals surface area contributed by atoms with Crippen molar-refractivity contribution in [1.29, 1.82) is 0 Å². The van der Waals surface area contributed by atoms with Gasteiger partial charge in [0.2, 0.25) is 5.95 Å². The number of H-pyrrole nitrogens is 1. The number of aromatic amines is 1. The van der Waals surface area contributed by atoms with Gasteiger partial charge in [0, 0.05) is 24.1 Å². The number of hydrogen-bond donors (Lipinski definition) is 3. The topological polar surface area (TPSA) is 122 Å². The number of pyridine rings is 1. The number of nitrogens with zero attached hydrogens (tertiary/aromatic N) is 3. The van der Waals surface area contributed by atoms with Crippen LogP contribution < -0.4 is 10.6 Å². The number of hydrogen-bond acceptors (Lipinski definition) is 6. The molecule has 0 spiro atoms. The van der Waals surface area contributed by atoms with Crippen molar-refractivity contribution in [1.82, 2.24) is 20.2 Å². The summed E-state index contributed by atoms with van der Waals surface area (Å²) in [6, 6.07) is 12.1. The van der Waals surface area contributed by atoms with E-state index >= 15 is 0 Å². The molecule has 0 radical (unpaired) electrons. The summed E-state index contributed by atoms with van der Waals surface area (Å²) in [6.45, 7) is 0.595. The van der Waals surface area contributed by atoms with Crippen LogP contribution >= 0.6 is 0 Å². The Morgan fingerprint density at radius 1 is 1.14 bits per heavy atom. The van der Waals surface area contributed by atoms with E-state index in [9.17, 15) is 9.59 Å². The van der Waals surface area contributed by atoms with Crippen LogP contribution in [0.15, 0.2) is 48.7 Å². The molecule has 9 nitrogen and oxygen atoms in total. The maximum absolute atomic E-state index is 12.5. The summed E-state index contributed by atoms with van der Waals surface area (Å²) in [5, 5.41) is 12.1. The Balaban J connectivity index is 1.42. The second-order valence-corrected chi connectivity index (χ2v) is 6.25. The number of nitrogens with one attached hydrogen (secondary N) is 3. The highest BCUT2D eigenvalue weighted by Gasteiger charge is 2.23. The van der Waals surface area contributed by atoms with E-state index in [1.807, 2.05) is 6.07 Å². The first-order valence-electron chi connectivity index (χ1n) is 8.87.